The summed E-state index contributed by atoms with van der Waals surface area (Å²) in [6.45, 7) is 0.391. The fourth-order valence-electron chi connectivity index (χ4n) is 2.95. The Kier molecular flexibility index (Phi) is 8.31. The van der Waals surface area contributed by atoms with Crippen LogP contribution < -0.4 is 10.6 Å². The minimum Gasteiger partial charge on any atom is -0.354 e. The highest BCUT2D eigenvalue weighted by atomic mass is 32.2. The maximum Gasteiger partial charge on any atom is 0.293 e. The SMILES string of the molecule is O=C(CCCNC(=O)c1ccc(F)cc1)NCCN1C(=O)S/C(=C\c2ccc(F)cc2)C1=O. The van der Waals surface area contributed by atoms with E-state index in [4.69, 9.17) is 0 Å². The Morgan fingerprint density at radius 2 is 1.55 bits per heavy atom. The van der Waals surface area contributed by atoms with Gasteiger partial charge in [0.2, 0.25) is 5.91 Å². The largest absolute Gasteiger partial charge is 0.354 e. The molecule has 0 bridgehead atoms. The molecule has 10 heteroatoms. The molecule has 0 atom stereocenters. The number of halogens is 2. The molecule has 0 aliphatic carbocycles. The molecule has 0 radical (unpaired) electrons. The third-order valence-electron chi connectivity index (χ3n) is 4.67. The number of nitrogens with one attached hydrogen (secondary N) is 2. The number of hydrogen-bond acceptors (Lipinski definition) is 5. The number of imide groups is 1. The predicted octanol–water partition coefficient (Wildman–Crippen LogP) is 3.33. The second-order valence-corrected chi connectivity index (χ2v) is 8.09. The van der Waals surface area contributed by atoms with E-state index in [0.717, 1.165) is 16.7 Å². The van der Waals surface area contributed by atoms with Crippen LogP contribution in [-0.4, -0.2) is 47.5 Å². The van der Waals surface area contributed by atoms with Gasteiger partial charge >= 0.3 is 0 Å². The first-order valence-corrected chi connectivity index (χ1v) is 11.0. The molecule has 2 aromatic carbocycles. The lowest BCUT2D eigenvalue weighted by Crippen LogP contribution is -2.37. The van der Waals surface area contributed by atoms with Crippen LogP contribution in [0.2, 0.25) is 0 Å². The standard InChI is InChI=1S/C23H21F2N3O4S/c24-17-7-3-15(4-8-17)14-19-22(31)28(23(32)33-19)13-12-26-20(29)2-1-11-27-21(30)16-5-9-18(25)10-6-16/h3-10,14H,1-2,11-13H2,(H,26,29)(H,27,30)/b19-14-. The molecule has 7 nitrogen and oxygen atoms in total. The Morgan fingerprint density at radius 3 is 2.21 bits per heavy atom. The number of rotatable bonds is 9. The highest BCUT2D eigenvalue weighted by molar-refractivity contribution is 8.18. The Hall–Kier alpha value is -3.53. The van der Waals surface area contributed by atoms with Gasteiger partial charge in [-0.25, -0.2) is 8.78 Å². The summed E-state index contributed by atoms with van der Waals surface area (Å²) < 4.78 is 25.9. The number of nitrogens with zero attached hydrogens (tertiary/aromatic N) is 1. The number of benzene rings is 2. The summed E-state index contributed by atoms with van der Waals surface area (Å²) in [6.07, 6.45) is 2.06. The molecule has 1 fully saturated rings. The molecule has 2 N–H and O–H groups in total. The smallest absolute Gasteiger partial charge is 0.293 e. The predicted molar refractivity (Wildman–Crippen MR) is 120 cm³/mol. The van der Waals surface area contributed by atoms with Crippen LogP contribution in [0.1, 0.15) is 28.8 Å². The summed E-state index contributed by atoms with van der Waals surface area (Å²) in [5, 5.41) is 4.84. The zero-order valence-corrected chi connectivity index (χ0v) is 18.3. The molecule has 4 amide bonds. The van der Waals surface area contributed by atoms with Crippen molar-refractivity contribution in [2.45, 2.75) is 12.8 Å². The van der Waals surface area contributed by atoms with E-state index in [9.17, 15) is 28.0 Å². The molecule has 0 aromatic heterocycles. The normalized spacial score (nSPS) is 14.6. The van der Waals surface area contributed by atoms with E-state index in [-0.39, 0.29) is 42.8 Å². The van der Waals surface area contributed by atoms with Crippen LogP contribution >= 0.6 is 11.8 Å². The lowest BCUT2D eigenvalue weighted by Gasteiger charge is -2.13. The van der Waals surface area contributed by atoms with Gasteiger partial charge in [-0.3, -0.25) is 24.1 Å². The molecule has 0 spiro atoms. The number of carbonyl (C=O) groups excluding carboxylic acids is 4. The third-order valence-corrected chi connectivity index (χ3v) is 5.58. The van der Waals surface area contributed by atoms with Crippen molar-refractivity contribution in [1.29, 1.82) is 0 Å². The topological polar surface area (TPSA) is 95.6 Å². The summed E-state index contributed by atoms with van der Waals surface area (Å²) in [5.74, 6) is -1.93. The van der Waals surface area contributed by atoms with E-state index in [1.165, 1.54) is 54.6 Å². The molecular weight excluding hydrogens is 452 g/mol. The molecule has 1 aliphatic heterocycles. The Bertz CT molecular complexity index is 1070. The third kappa shape index (κ3) is 6.98. The van der Waals surface area contributed by atoms with Crippen molar-refractivity contribution < 1.29 is 28.0 Å². The van der Waals surface area contributed by atoms with Gasteiger partial charge in [0.05, 0.1) is 4.91 Å². The summed E-state index contributed by atoms with van der Waals surface area (Å²) in [4.78, 5) is 49.7. The summed E-state index contributed by atoms with van der Waals surface area (Å²) in [6, 6.07) is 10.7. The first-order valence-electron chi connectivity index (χ1n) is 10.1. The van der Waals surface area contributed by atoms with Crippen molar-refractivity contribution in [3.8, 4) is 0 Å². The molecule has 3 rings (SSSR count). The summed E-state index contributed by atoms with van der Waals surface area (Å²) >= 11 is 0.789. The van der Waals surface area contributed by atoms with E-state index in [1.54, 1.807) is 0 Å². The molecule has 0 unspecified atom stereocenters. The van der Waals surface area contributed by atoms with E-state index in [1.807, 2.05) is 0 Å². The van der Waals surface area contributed by atoms with Crippen molar-refractivity contribution in [3.63, 3.8) is 0 Å². The number of carbonyl (C=O) groups is 4. The molecule has 0 saturated carbocycles. The molecule has 1 aliphatic rings. The lowest BCUT2D eigenvalue weighted by atomic mass is 10.2. The second kappa shape index (κ2) is 11.4. The highest BCUT2D eigenvalue weighted by Gasteiger charge is 2.34. The van der Waals surface area contributed by atoms with Crippen LogP contribution in [0, 0.1) is 11.6 Å². The van der Waals surface area contributed by atoms with Crippen molar-refractivity contribution in [1.82, 2.24) is 15.5 Å². The van der Waals surface area contributed by atoms with Crippen molar-refractivity contribution in [3.05, 3.63) is 76.2 Å². The van der Waals surface area contributed by atoms with Crippen LogP contribution in [-0.2, 0) is 9.59 Å². The average molecular weight is 474 g/mol. The van der Waals surface area contributed by atoms with Crippen LogP contribution in [0.3, 0.4) is 0 Å². The number of thioether (sulfide) groups is 1. The van der Waals surface area contributed by atoms with Crippen molar-refractivity contribution in [2.24, 2.45) is 0 Å². The lowest BCUT2D eigenvalue weighted by molar-refractivity contribution is -0.124. The van der Waals surface area contributed by atoms with Crippen LogP contribution in [0.4, 0.5) is 13.6 Å². The summed E-state index contributed by atoms with van der Waals surface area (Å²) in [7, 11) is 0. The average Bonchev–Trinajstić information content (AvgIpc) is 3.06. The molecule has 172 valence electrons. The maximum absolute atomic E-state index is 13.0. The molecule has 2 aromatic rings. The molecule has 1 saturated heterocycles. The minimum atomic E-state index is -0.466. The fourth-order valence-corrected chi connectivity index (χ4v) is 3.82. The Balaban J connectivity index is 1.36. The maximum atomic E-state index is 13.0. The Labute approximate surface area is 193 Å². The van der Waals surface area contributed by atoms with Gasteiger partial charge in [0.25, 0.3) is 17.1 Å². The van der Waals surface area contributed by atoms with E-state index < -0.39 is 22.8 Å². The first kappa shape index (κ1) is 24.1. The second-order valence-electron chi connectivity index (χ2n) is 7.10. The quantitative estimate of drug-likeness (QED) is 0.430. The van der Waals surface area contributed by atoms with Crippen molar-refractivity contribution >= 4 is 40.8 Å². The van der Waals surface area contributed by atoms with Gasteiger partial charge in [-0.05, 0) is 66.2 Å². The van der Waals surface area contributed by atoms with Gasteiger partial charge < -0.3 is 10.6 Å². The van der Waals surface area contributed by atoms with E-state index in [0.29, 0.717) is 17.5 Å². The fraction of sp³-hybridized carbons (Fsp3) is 0.217. The van der Waals surface area contributed by atoms with E-state index in [2.05, 4.69) is 10.6 Å². The number of hydrogen-bond donors (Lipinski definition) is 2. The molecule has 33 heavy (non-hydrogen) atoms. The summed E-state index contributed by atoms with van der Waals surface area (Å²) in [5.41, 5.74) is 0.924. The molecular formula is C23H21F2N3O4S. The van der Waals surface area contributed by atoms with Gasteiger partial charge in [-0.15, -0.1) is 0 Å². The van der Waals surface area contributed by atoms with Gasteiger partial charge in [0, 0.05) is 31.6 Å². The highest BCUT2D eigenvalue weighted by Crippen LogP contribution is 2.31. The number of amides is 4. The first-order chi connectivity index (χ1) is 15.8. The van der Waals surface area contributed by atoms with E-state index >= 15 is 0 Å². The van der Waals surface area contributed by atoms with Crippen LogP contribution in [0.15, 0.2) is 53.4 Å². The van der Waals surface area contributed by atoms with Crippen molar-refractivity contribution in [2.75, 3.05) is 19.6 Å². The monoisotopic (exact) mass is 473 g/mol. The zero-order valence-electron chi connectivity index (χ0n) is 17.5. The van der Waals surface area contributed by atoms with Gasteiger partial charge in [0.15, 0.2) is 0 Å². The van der Waals surface area contributed by atoms with Crippen LogP contribution in [0.5, 0.6) is 0 Å². The zero-order chi connectivity index (χ0) is 23.8. The van der Waals surface area contributed by atoms with Gasteiger partial charge in [-0.1, -0.05) is 12.1 Å². The minimum absolute atomic E-state index is 0.0263. The Morgan fingerprint density at radius 1 is 0.909 bits per heavy atom. The van der Waals surface area contributed by atoms with Gasteiger partial charge in [-0.2, -0.15) is 0 Å². The molecule has 1 heterocycles. The van der Waals surface area contributed by atoms with Crippen LogP contribution in [0.25, 0.3) is 6.08 Å². The van der Waals surface area contributed by atoms with Gasteiger partial charge in [0.1, 0.15) is 11.6 Å².